The SMILES string of the molecule is CCCCN(c1ccccc1)c1cncc(NCCC)c1. The van der Waals surface area contributed by atoms with Crippen molar-refractivity contribution in [2.45, 2.75) is 33.1 Å². The van der Waals surface area contributed by atoms with Gasteiger partial charge < -0.3 is 10.2 Å². The molecular formula is C18H25N3. The Hall–Kier alpha value is -2.03. The number of unbranched alkanes of at least 4 members (excludes halogenated alkanes) is 1. The molecule has 1 N–H and O–H groups in total. The molecule has 0 atom stereocenters. The lowest BCUT2D eigenvalue weighted by atomic mass is 10.2. The molecular weight excluding hydrogens is 258 g/mol. The Balaban J connectivity index is 2.23. The minimum atomic E-state index is 0.978. The summed E-state index contributed by atoms with van der Waals surface area (Å²) < 4.78 is 0. The predicted molar refractivity (Wildman–Crippen MR) is 91.4 cm³/mol. The number of nitrogens with zero attached hydrogens (tertiary/aromatic N) is 2. The highest BCUT2D eigenvalue weighted by Crippen LogP contribution is 2.26. The van der Waals surface area contributed by atoms with Crippen LogP contribution in [0.3, 0.4) is 0 Å². The molecule has 1 aromatic carbocycles. The van der Waals surface area contributed by atoms with Crippen molar-refractivity contribution in [1.82, 2.24) is 4.98 Å². The highest BCUT2D eigenvalue weighted by molar-refractivity contribution is 5.65. The topological polar surface area (TPSA) is 28.2 Å². The number of hydrogen-bond acceptors (Lipinski definition) is 3. The van der Waals surface area contributed by atoms with E-state index in [1.807, 2.05) is 12.4 Å². The Morgan fingerprint density at radius 3 is 2.52 bits per heavy atom. The Labute approximate surface area is 128 Å². The predicted octanol–water partition coefficient (Wildman–Crippen LogP) is 4.84. The van der Waals surface area contributed by atoms with E-state index in [1.54, 1.807) is 0 Å². The van der Waals surface area contributed by atoms with E-state index in [2.05, 4.69) is 65.4 Å². The van der Waals surface area contributed by atoms with Crippen LogP contribution in [-0.2, 0) is 0 Å². The molecule has 0 saturated carbocycles. The van der Waals surface area contributed by atoms with E-state index in [9.17, 15) is 0 Å². The third kappa shape index (κ3) is 4.48. The number of anilines is 3. The van der Waals surface area contributed by atoms with Gasteiger partial charge in [0.1, 0.15) is 0 Å². The summed E-state index contributed by atoms with van der Waals surface area (Å²) >= 11 is 0. The molecule has 0 aliphatic heterocycles. The molecule has 0 saturated heterocycles. The van der Waals surface area contributed by atoms with Crippen molar-refractivity contribution >= 4 is 17.1 Å². The van der Waals surface area contributed by atoms with Gasteiger partial charge in [0.15, 0.2) is 0 Å². The summed E-state index contributed by atoms with van der Waals surface area (Å²) in [5.41, 5.74) is 3.46. The van der Waals surface area contributed by atoms with Gasteiger partial charge in [-0.1, -0.05) is 38.5 Å². The van der Waals surface area contributed by atoms with Gasteiger partial charge in [-0.25, -0.2) is 0 Å². The average Bonchev–Trinajstić information content (AvgIpc) is 2.55. The van der Waals surface area contributed by atoms with E-state index in [-0.39, 0.29) is 0 Å². The van der Waals surface area contributed by atoms with Crippen LogP contribution in [0.15, 0.2) is 48.8 Å². The summed E-state index contributed by atoms with van der Waals surface area (Å²) in [6, 6.07) is 12.7. The first-order chi connectivity index (χ1) is 10.3. The molecule has 112 valence electrons. The fourth-order valence-electron chi connectivity index (χ4n) is 2.27. The van der Waals surface area contributed by atoms with Gasteiger partial charge in [-0.05, 0) is 31.0 Å². The Bertz CT molecular complexity index is 525. The molecule has 2 rings (SSSR count). The maximum absolute atomic E-state index is 4.39. The van der Waals surface area contributed by atoms with Crippen molar-refractivity contribution in [3.63, 3.8) is 0 Å². The summed E-state index contributed by atoms with van der Waals surface area (Å²) in [4.78, 5) is 6.73. The van der Waals surface area contributed by atoms with Gasteiger partial charge in [-0.15, -0.1) is 0 Å². The summed E-state index contributed by atoms with van der Waals surface area (Å²) in [5, 5.41) is 3.41. The normalized spacial score (nSPS) is 10.4. The van der Waals surface area contributed by atoms with Crippen molar-refractivity contribution in [2.75, 3.05) is 23.3 Å². The number of rotatable bonds is 8. The second-order valence-electron chi connectivity index (χ2n) is 5.20. The van der Waals surface area contributed by atoms with Gasteiger partial charge in [0.05, 0.1) is 23.8 Å². The first kappa shape index (κ1) is 15.4. The summed E-state index contributed by atoms with van der Waals surface area (Å²) in [6.45, 7) is 6.38. The third-order valence-electron chi connectivity index (χ3n) is 3.42. The molecule has 0 fully saturated rings. The highest BCUT2D eigenvalue weighted by Gasteiger charge is 2.09. The van der Waals surface area contributed by atoms with Crippen molar-refractivity contribution in [1.29, 1.82) is 0 Å². The van der Waals surface area contributed by atoms with Crippen molar-refractivity contribution in [2.24, 2.45) is 0 Å². The van der Waals surface area contributed by atoms with Crippen LogP contribution in [0.25, 0.3) is 0 Å². The van der Waals surface area contributed by atoms with Crippen LogP contribution in [0.2, 0.25) is 0 Å². The van der Waals surface area contributed by atoms with E-state index >= 15 is 0 Å². The third-order valence-corrected chi connectivity index (χ3v) is 3.42. The second-order valence-corrected chi connectivity index (χ2v) is 5.20. The van der Waals surface area contributed by atoms with Crippen LogP contribution in [0.1, 0.15) is 33.1 Å². The molecule has 3 nitrogen and oxygen atoms in total. The monoisotopic (exact) mass is 283 g/mol. The molecule has 0 amide bonds. The molecule has 0 aliphatic carbocycles. The maximum atomic E-state index is 4.39. The first-order valence-corrected chi connectivity index (χ1v) is 7.86. The Kier molecular flexibility index (Phi) is 6.07. The summed E-state index contributed by atoms with van der Waals surface area (Å²) in [5.74, 6) is 0. The lowest BCUT2D eigenvalue weighted by Crippen LogP contribution is -2.18. The molecule has 1 aromatic heterocycles. The highest BCUT2D eigenvalue weighted by atomic mass is 15.1. The van der Waals surface area contributed by atoms with Gasteiger partial charge in [-0.2, -0.15) is 0 Å². The average molecular weight is 283 g/mol. The smallest absolute Gasteiger partial charge is 0.0617 e. The van der Waals surface area contributed by atoms with Crippen LogP contribution in [0.4, 0.5) is 17.1 Å². The lowest BCUT2D eigenvalue weighted by Gasteiger charge is -2.25. The van der Waals surface area contributed by atoms with E-state index in [0.717, 1.165) is 30.9 Å². The van der Waals surface area contributed by atoms with Crippen molar-refractivity contribution in [3.05, 3.63) is 48.8 Å². The number of nitrogens with one attached hydrogen (secondary N) is 1. The molecule has 1 heterocycles. The van der Waals surface area contributed by atoms with Crippen LogP contribution in [-0.4, -0.2) is 18.1 Å². The van der Waals surface area contributed by atoms with Crippen molar-refractivity contribution in [3.8, 4) is 0 Å². The number of hydrogen-bond donors (Lipinski definition) is 1. The molecule has 3 heteroatoms. The van der Waals surface area contributed by atoms with Gasteiger partial charge in [0, 0.05) is 18.8 Å². The molecule has 0 unspecified atom stereocenters. The van der Waals surface area contributed by atoms with Crippen LogP contribution >= 0.6 is 0 Å². The second kappa shape index (κ2) is 8.30. The van der Waals surface area contributed by atoms with E-state index < -0.39 is 0 Å². The van der Waals surface area contributed by atoms with E-state index in [4.69, 9.17) is 0 Å². The molecule has 0 aliphatic rings. The number of benzene rings is 1. The lowest BCUT2D eigenvalue weighted by molar-refractivity contribution is 0.785. The summed E-state index contributed by atoms with van der Waals surface area (Å²) in [6.07, 6.45) is 7.30. The Morgan fingerprint density at radius 2 is 1.81 bits per heavy atom. The molecule has 0 spiro atoms. The first-order valence-electron chi connectivity index (χ1n) is 7.86. The molecule has 21 heavy (non-hydrogen) atoms. The Morgan fingerprint density at radius 1 is 1.00 bits per heavy atom. The van der Waals surface area contributed by atoms with Crippen LogP contribution in [0, 0.1) is 0 Å². The number of para-hydroxylation sites is 1. The minimum absolute atomic E-state index is 0.978. The van der Waals surface area contributed by atoms with Gasteiger partial charge >= 0.3 is 0 Å². The standard InChI is InChI=1S/C18H25N3/c1-3-5-12-21(17-9-7-6-8-10-17)18-13-16(14-19-15-18)20-11-4-2/h6-10,13-15,20H,3-5,11-12H2,1-2H3. The fraction of sp³-hybridized carbons (Fsp3) is 0.389. The number of aromatic nitrogens is 1. The van der Waals surface area contributed by atoms with Crippen LogP contribution in [0.5, 0.6) is 0 Å². The van der Waals surface area contributed by atoms with E-state index in [1.165, 1.54) is 18.5 Å². The zero-order chi connectivity index (χ0) is 14.9. The summed E-state index contributed by atoms with van der Waals surface area (Å²) in [7, 11) is 0. The van der Waals surface area contributed by atoms with Crippen molar-refractivity contribution < 1.29 is 0 Å². The number of pyridine rings is 1. The minimum Gasteiger partial charge on any atom is -0.384 e. The zero-order valence-electron chi connectivity index (χ0n) is 13.0. The van der Waals surface area contributed by atoms with Crippen LogP contribution < -0.4 is 10.2 Å². The molecule has 2 aromatic rings. The quantitative estimate of drug-likeness (QED) is 0.751. The van der Waals surface area contributed by atoms with Gasteiger partial charge in [-0.3, -0.25) is 4.98 Å². The maximum Gasteiger partial charge on any atom is 0.0617 e. The zero-order valence-corrected chi connectivity index (χ0v) is 13.0. The van der Waals surface area contributed by atoms with Gasteiger partial charge in [0.2, 0.25) is 0 Å². The fourth-order valence-corrected chi connectivity index (χ4v) is 2.27. The molecule has 0 bridgehead atoms. The van der Waals surface area contributed by atoms with E-state index in [0.29, 0.717) is 0 Å². The van der Waals surface area contributed by atoms with Gasteiger partial charge in [0.25, 0.3) is 0 Å². The molecule has 0 radical (unpaired) electrons. The largest absolute Gasteiger partial charge is 0.384 e.